The first-order chi connectivity index (χ1) is 8.31. The molecule has 2 saturated carbocycles. The molecule has 2 fully saturated rings. The van der Waals surface area contributed by atoms with Crippen molar-refractivity contribution in [3.05, 3.63) is 0 Å². The molecule has 17 heavy (non-hydrogen) atoms. The van der Waals surface area contributed by atoms with Crippen molar-refractivity contribution in [1.82, 2.24) is 5.32 Å². The summed E-state index contributed by atoms with van der Waals surface area (Å²) in [7, 11) is 1.68. The quantitative estimate of drug-likeness (QED) is 0.434. The summed E-state index contributed by atoms with van der Waals surface area (Å²) >= 11 is 0. The molecule has 2 aliphatic rings. The predicted octanol–water partition coefficient (Wildman–Crippen LogP) is 1.51. The van der Waals surface area contributed by atoms with Crippen molar-refractivity contribution < 1.29 is 4.74 Å². The van der Waals surface area contributed by atoms with Crippen LogP contribution in [0, 0.1) is 11.8 Å². The van der Waals surface area contributed by atoms with Gasteiger partial charge in [-0.15, -0.1) is 0 Å². The zero-order chi connectivity index (χ0) is 12.1. The second-order valence-corrected chi connectivity index (χ2v) is 5.31. The molecule has 3 N–H and O–H groups in total. The van der Waals surface area contributed by atoms with Crippen LogP contribution < -0.4 is 11.1 Å². The molecule has 2 unspecified atom stereocenters. The Hall–Kier alpha value is -0.770. The van der Waals surface area contributed by atoms with Gasteiger partial charge in [0.05, 0.1) is 13.2 Å². The van der Waals surface area contributed by atoms with Crippen LogP contribution in [0.3, 0.4) is 0 Å². The molecule has 0 heterocycles. The molecule has 0 aromatic rings. The summed E-state index contributed by atoms with van der Waals surface area (Å²) in [5.41, 5.74) is 5.83. The number of hydrogen-bond acceptors (Lipinski definition) is 2. The lowest BCUT2D eigenvalue weighted by molar-refractivity contribution is 0.208. The van der Waals surface area contributed by atoms with Crippen LogP contribution in [0.4, 0.5) is 0 Å². The van der Waals surface area contributed by atoms with E-state index in [1.165, 1.54) is 38.5 Å². The van der Waals surface area contributed by atoms with Gasteiger partial charge in [-0.1, -0.05) is 32.1 Å². The highest BCUT2D eigenvalue weighted by Gasteiger charge is 2.43. The molecule has 0 saturated heterocycles. The topological polar surface area (TPSA) is 59.6 Å². The van der Waals surface area contributed by atoms with Gasteiger partial charge in [0, 0.05) is 13.2 Å². The third-order valence-corrected chi connectivity index (χ3v) is 4.01. The highest BCUT2D eigenvalue weighted by molar-refractivity contribution is 5.78. The lowest BCUT2D eigenvalue weighted by Gasteiger charge is -2.21. The van der Waals surface area contributed by atoms with Crippen molar-refractivity contribution in [2.24, 2.45) is 22.6 Å². The van der Waals surface area contributed by atoms with Gasteiger partial charge < -0.3 is 15.8 Å². The van der Waals surface area contributed by atoms with Crippen LogP contribution >= 0.6 is 0 Å². The monoisotopic (exact) mass is 239 g/mol. The van der Waals surface area contributed by atoms with Crippen molar-refractivity contribution in [3.63, 3.8) is 0 Å². The molecule has 0 aliphatic heterocycles. The maximum atomic E-state index is 5.83. The van der Waals surface area contributed by atoms with Crippen LogP contribution in [0.25, 0.3) is 0 Å². The van der Waals surface area contributed by atoms with Crippen LogP contribution in [0.1, 0.15) is 38.5 Å². The van der Waals surface area contributed by atoms with E-state index in [9.17, 15) is 0 Å². The summed E-state index contributed by atoms with van der Waals surface area (Å²) in [6.45, 7) is 1.29. The molecule has 0 radical (unpaired) electrons. The summed E-state index contributed by atoms with van der Waals surface area (Å²) in [5.74, 6) is 2.38. The molecular weight excluding hydrogens is 214 g/mol. The van der Waals surface area contributed by atoms with Gasteiger partial charge in [0.1, 0.15) is 0 Å². The molecule has 98 valence electrons. The fourth-order valence-electron chi connectivity index (χ4n) is 2.96. The Balaban J connectivity index is 1.66. The average molecular weight is 239 g/mol. The fourth-order valence-corrected chi connectivity index (χ4v) is 2.96. The van der Waals surface area contributed by atoms with Crippen LogP contribution in [0.5, 0.6) is 0 Å². The molecule has 2 rings (SSSR count). The Kier molecular flexibility index (Phi) is 4.66. The zero-order valence-corrected chi connectivity index (χ0v) is 10.8. The first-order valence-corrected chi connectivity index (χ1v) is 6.86. The highest BCUT2D eigenvalue weighted by atomic mass is 16.5. The molecule has 4 nitrogen and oxygen atoms in total. The van der Waals surface area contributed by atoms with Gasteiger partial charge in [-0.2, -0.15) is 0 Å². The minimum atomic E-state index is 0.587. The maximum absolute atomic E-state index is 5.83. The number of nitrogens with two attached hydrogens (primary N) is 1. The Labute approximate surface area is 104 Å². The minimum Gasteiger partial charge on any atom is -0.383 e. The fraction of sp³-hybridized carbons (Fsp3) is 0.923. The van der Waals surface area contributed by atoms with Crippen molar-refractivity contribution in [2.75, 3.05) is 20.3 Å². The van der Waals surface area contributed by atoms with Gasteiger partial charge in [0.15, 0.2) is 5.96 Å². The number of nitrogens with one attached hydrogen (secondary N) is 1. The van der Waals surface area contributed by atoms with E-state index in [0.29, 0.717) is 25.2 Å². The maximum Gasteiger partial charge on any atom is 0.188 e. The summed E-state index contributed by atoms with van der Waals surface area (Å²) in [5, 5.41) is 3.33. The van der Waals surface area contributed by atoms with E-state index in [0.717, 1.165) is 11.8 Å². The van der Waals surface area contributed by atoms with Crippen LogP contribution in [-0.2, 0) is 4.74 Å². The van der Waals surface area contributed by atoms with E-state index in [-0.39, 0.29) is 0 Å². The van der Waals surface area contributed by atoms with E-state index in [1.807, 2.05) is 0 Å². The normalized spacial score (nSPS) is 30.3. The van der Waals surface area contributed by atoms with Gasteiger partial charge in [0.2, 0.25) is 0 Å². The van der Waals surface area contributed by atoms with Gasteiger partial charge in [-0.05, 0) is 18.3 Å². The molecule has 0 bridgehead atoms. The van der Waals surface area contributed by atoms with Gasteiger partial charge >= 0.3 is 0 Å². The summed E-state index contributed by atoms with van der Waals surface area (Å²) in [6, 6.07) is 0.587. The van der Waals surface area contributed by atoms with E-state index < -0.39 is 0 Å². The van der Waals surface area contributed by atoms with Crippen molar-refractivity contribution in [2.45, 2.75) is 44.6 Å². The highest BCUT2D eigenvalue weighted by Crippen LogP contribution is 2.44. The summed E-state index contributed by atoms with van der Waals surface area (Å²) in [4.78, 5) is 4.23. The van der Waals surface area contributed by atoms with Crippen molar-refractivity contribution in [3.8, 4) is 0 Å². The Morgan fingerprint density at radius 2 is 2.12 bits per heavy atom. The first-order valence-electron chi connectivity index (χ1n) is 6.86. The lowest BCUT2D eigenvalue weighted by atomic mass is 9.85. The third kappa shape index (κ3) is 3.87. The third-order valence-electron chi connectivity index (χ3n) is 4.01. The minimum absolute atomic E-state index is 0.587. The number of nitrogens with zero attached hydrogens (tertiary/aromatic N) is 1. The van der Waals surface area contributed by atoms with Crippen LogP contribution in [-0.4, -0.2) is 32.3 Å². The molecule has 2 atom stereocenters. The molecular formula is C13H25N3O. The number of hydrogen-bond donors (Lipinski definition) is 2. The first kappa shape index (κ1) is 12.7. The number of rotatable bonds is 5. The number of guanidine groups is 1. The molecule has 4 heteroatoms. The number of aliphatic imine (C=N–C) groups is 1. The second kappa shape index (κ2) is 6.24. The molecule has 0 spiro atoms. The largest absolute Gasteiger partial charge is 0.383 e. The standard InChI is InChI=1S/C13H25N3O/c1-17-8-7-15-13(14)16-12-9-11(12)10-5-3-2-4-6-10/h10-12H,2-9H2,1H3,(H3,14,15,16). The SMILES string of the molecule is COCCN=C(N)NC1CC1C1CCCCC1. The molecule has 2 aliphatic carbocycles. The van der Waals surface area contributed by atoms with E-state index in [1.54, 1.807) is 7.11 Å². The number of ether oxygens (including phenoxy) is 1. The molecule has 0 amide bonds. The van der Waals surface area contributed by atoms with Crippen LogP contribution in [0.15, 0.2) is 4.99 Å². The zero-order valence-electron chi connectivity index (χ0n) is 10.8. The molecule has 0 aromatic heterocycles. The lowest BCUT2D eigenvalue weighted by Crippen LogP contribution is -2.35. The summed E-state index contributed by atoms with van der Waals surface area (Å²) in [6.07, 6.45) is 8.40. The van der Waals surface area contributed by atoms with Gasteiger partial charge in [-0.25, -0.2) is 0 Å². The molecule has 0 aromatic carbocycles. The van der Waals surface area contributed by atoms with Gasteiger partial charge in [-0.3, -0.25) is 4.99 Å². The summed E-state index contributed by atoms with van der Waals surface area (Å²) < 4.78 is 4.94. The van der Waals surface area contributed by atoms with E-state index >= 15 is 0 Å². The van der Waals surface area contributed by atoms with Gasteiger partial charge in [0.25, 0.3) is 0 Å². The Bertz CT molecular complexity index is 261. The smallest absolute Gasteiger partial charge is 0.188 e. The Morgan fingerprint density at radius 1 is 1.35 bits per heavy atom. The van der Waals surface area contributed by atoms with Crippen LogP contribution in [0.2, 0.25) is 0 Å². The second-order valence-electron chi connectivity index (χ2n) is 5.31. The predicted molar refractivity (Wildman–Crippen MR) is 70.0 cm³/mol. The Morgan fingerprint density at radius 3 is 2.82 bits per heavy atom. The van der Waals surface area contributed by atoms with Crippen molar-refractivity contribution in [1.29, 1.82) is 0 Å². The van der Waals surface area contributed by atoms with Crippen molar-refractivity contribution >= 4 is 5.96 Å². The average Bonchev–Trinajstić information content (AvgIpc) is 3.10. The number of methoxy groups -OCH3 is 1. The van der Waals surface area contributed by atoms with E-state index in [4.69, 9.17) is 10.5 Å². The van der Waals surface area contributed by atoms with E-state index in [2.05, 4.69) is 10.3 Å².